The normalized spacial score (nSPS) is 11.5. The lowest BCUT2D eigenvalue weighted by atomic mass is 10.1. The number of hydrogen-bond acceptors (Lipinski definition) is 6. The molecule has 2 aromatic heterocycles. The highest BCUT2D eigenvalue weighted by molar-refractivity contribution is 5.98. The number of anilines is 2. The summed E-state index contributed by atoms with van der Waals surface area (Å²) in [4.78, 5) is 23.5. The molecule has 7 nitrogen and oxygen atoms in total. The van der Waals surface area contributed by atoms with E-state index in [-0.39, 0.29) is 17.2 Å². The Morgan fingerprint density at radius 1 is 1.32 bits per heavy atom. The number of carbonyl (C=O) groups is 1. The average Bonchev–Trinajstić information content (AvgIpc) is 2.27. The predicted octanol–water partition coefficient (Wildman–Crippen LogP) is 0.916. The van der Waals surface area contributed by atoms with Gasteiger partial charge in [0.05, 0.1) is 0 Å². The maximum absolute atomic E-state index is 11.3. The van der Waals surface area contributed by atoms with Crippen molar-refractivity contribution >= 4 is 28.6 Å². The van der Waals surface area contributed by atoms with Gasteiger partial charge in [0.15, 0.2) is 5.82 Å². The van der Waals surface area contributed by atoms with Crippen LogP contribution in [0.1, 0.15) is 31.3 Å². The largest absolute Gasteiger partial charge is 0.368 e. The molecular formula is C12H16N6O. The Labute approximate surface area is 110 Å². The van der Waals surface area contributed by atoms with Crippen molar-refractivity contribution < 1.29 is 4.79 Å². The van der Waals surface area contributed by atoms with E-state index in [4.69, 9.17) is 11.5 Å². The van der Waals surface area contributed by atoms with E-state index in [1.807, 2.05) is 20.8 Å². The van der Waals surface area contributed by atoms with Gasteiger partial charge in [-0.3, -0.25) is 4.79 Å². The predicted molar refractivity (Wildman–Crippen MR) is 73.6 cm³/mol. The van der Waals surface area contributed by atoms with Crippen LogP contribution in [0.15, 0.2) is 12.3 Å². The third-order valence-electron chi connectivity index (χ3n) is 2.33. The van der Waals surface area contributed by atoms with Crippen LogP contribution < -0.4 is 16.8 Å². The molecule has 0 bridgehead atoms. The Kier molecular flexibility index (Phi) is 2.97. The summed E-state index contributed by atoms with van der Waals surface area (Å²) in [6, 6.07) is 1.55. The number of aromatic nitrogens is 3. The van der Waals surface area contributed by atoms with Crippen molar-refractivity contribution in [3.05, 3.63) is 18.0 Å². The van der Waals surface area contributed by atoms with Crippen LogP contribution in [-0.2, 0) is 0 Å². The lowest BCUT2D eigenvalue weighted by Gasteiger charge is -2.22. The second-order valence-electron chi connectivity index (χ2n) is 5.26. The van der Waals surface area contributed by atoms with Gasteiger partial charge in [0, 0.05) is 17.1 Å². The van der Waals surface area contributed by atoms with Crippen molar-refractivity contribution in [2.45, 2.75) is 26.3 Å². The Morgan fingerprint density at radius 2 is 2.00 bits per heavy atom. The fourth-order valence-electron chi connectivity index (χ4n) is 1.62. The van der Waals surface area contributed by atoms with Crippen molar-refractivity contribution in [1.29, 1.82) is 0 Å². The van der Waals surface area contributed by atoms with Crippen molar-refractivity contribution in [2.24, 2.45) is 5.73 Å². The monoisotopic (exact) mass is 260 g/mol. The van der Waals surface area contributed by atoms with Gasteiger partial charge in [-0.25, -0.2) is 15.0 Å². The lowest BCUT2D eigenvalue weighted by molar-refractivity contribution is 0.0996. The van der Waals surface area contributed by atoms with Crippen LogP contribution >= 0.6 is 0 Å². The molecule has 0 saturated heterocycles. The highest BCUT2D eigenvalue weighted by Crippen LogP contribution is 2.23. The summed E-state index contributed by atoms with van der Waals surface area (Å²) in [5.41, 5.74) is 11.3. The third kappa shape index (κ3) is 2.87. The Balaban J connectivity index is 2.69. The molecule has 0 aliphatic rings. The molecule has 0 fully saturated rings. The third-order valence-corrected chi connectivity index (χ3v) is 2.33. The van der Waals surface area contributed by atoms with Gasteiger partial charge in [-0.1, -0.05) is 0 Å². The number of carbonyl (C=O) groups excluding carboxylic acids is 1. The van der Waals surface area contributed by atoms with E-state index in [1.54, 1.807) is 12.3 Å². The molecule has 2 aromatic rings. The molecule has 7 heteroatoms. The number of nitrogens with zero attached hydrogens (tertiary/aromatic N) is 3. The number of fused-ring (bicyclic) bond motifs is 1. The second-order valence-corrected chi connectivity index (χ2v) is 5.26. The molecule has 1 amide bonds. The van der Waals surface area contributed by atoms with E-state index in [9.17, 15) is 4.79 Å². The van der Waals surface area contributed by atoms with Crippen molar-refractivity contribution in [3.8, 4) is 0 Å². The molecular weight excluding hydrogens is 244 g/mol. The first-order valence-electron chi connectivity index (χ1n) is 5.77. The Hall–Kier alpha value is -2.44. The molecule has 100 valence electrons. The molecule has 0 aliphatic heterocycles. The molecule has 2 heterocycles. The van der Waals surface area contributed by atoms with E-state index in [0.29, 0.717) is 16.7 Å². The zero-order valence-corrected chi connectivity index (χ0v) is 11.1. The molecule has 0 spiro atoms. The first kappa shape index (κ1) is 13.0. The van der Waals surface area contributed by atoms with Crippen LogP contribution in [0.2, 0.25) is 0 Å². The van der Waals surface area contributed by atoms with Gasteiger partial charge in [-0.2, -0.15) is 0 Å². The molecule has 0 aromatic carbocycles. The number of nitrogens with two attached hydrogens (primary N) is 2. The van der Waals surface area contributed by atoms with Gasteiger partial charge in [0.1, 0.15) is 11.2 Å². The first-order chi connectivity index (χ1) is 8.76. The minimum Gasteiger partial charge on any atom is -0.368 e. The van der Waals surface area contributed by atoms with Gasteiger partial charge in [0.2, 0.25) is 5.95 Å². The number of amides is 1. The number of hydrogen-bond donors (Lipinski definition) is 3. The van der Waals surface area contributed by atoms with Crippen molar-refractivity contribution in [2.75, 3.05) is 11.1 Å². The summed E-state index contributed by atoms with van der Waals surface area (Å²) in [6.07, 6.45) is 1.54. The zero-order valence-electron chi connectivity index (χ0n) is 11.1. The van der Waals surface area contributed by atoms with Crippen LogP contribution in [0.25, 0.3) is 10.9 Å². The van der Waals surface area contributed by atoms with Gasteiger partial charge in [-0.05, 0) is 26.8 Å². The zero-order chi connectivity index (χ0) is 14.2. The molecule has 0 atom stereocenters. The minimum absolute atomic E-state index is 0.151. The van der Waals surface area contributed by atoms with Crippen LogP contribution in [0.4, 0.5) is 11.8 Å². The number of nitrogens with one attached hydrogen (secondary N) is 1. The van der Waals surface area contributed by atoms with Crippen LogP contribution in [0.5, 0.6) is 0 Å². The maximum Gasteiger partial charge on any atom is 0.267 e. The summed E-state index contributed by atoms with van der Waals surface area (Å²) < 4.78 is 0. The Bertz CT molecular complexity index is 646. The Morgan fingerprint density at radius 3 is 2.58 bits per heavy atom. The highest BCUT2D eigenvalue weighted by atomic mass is 16.1. The molecule has 0 unspecified atom stereocenters. The van der Waals surface area contributed by atoms with Gasteiger partial charge in [-0.15, -0.1) is 0 Å². The summed E-state index contributed by atoms with van der Waals surface area (Å²) in [5.74, 6) is 0.0154. The van der Waals surface area contributed by atoms with Crippen molar-refractivity contribution in [3.63, 3.8) is 0 Å². The number of primary amides is 1. The molecule has 2 rings (SSSR count). The summed E-state index contributed by atoms with van der Waals surface area (Å²) in [5, 5.41) is 3.84. The standard InChI is InChI=1S/C12H16N6O/c1-12(2,3)18-10-8-6(5-15-11(14)17-8)4-7(16-10)9(13)19/h4-5H,1-3H3,(H2,13,19)(H,16,18)(H2,14,15,17). The van der Waals surface area contributed by atoms with E-state index in [1.165, 1.54) is 0 Å². The van der Waals surface area contributed by atoms with Gasteiger partial charge in [0.25, 0.3) is 5.91 Å². The number of nitrogen functional groups attached to an aromatic ring is 1. The SMILES string of the molecule is CC(C)(C)Nc1nc(C(N)=O)cc2cnc(N)nc12. The fraction of sp³-hybridized carbons (Fsp3) is 0.333. The summed E-state index contributed by atoms with van der Waals surface area (Å²) >= 11 is 0. The summed E-state index contributed by atoms with van der Waals surface area (Å²) in [7, 11) is 0. The van der Waals surface area contributed by atoms with E-state index < -0.39 is 5.91 Å². The minimum atomic E-state index is -0.601. The molecule has 0 radical (unpaired) electrons. The average molecular weight is 260 g/mol. The maximum atomic E-state index is 11.3. The van der Waals surface area contributed by atoms with Crippen molar-refractivity contribution in [1.82, 2.24) is 15.0 Å². The quantitative estimate of drug-likeness (QED) is 0.738. The smallest absolute Gasteiger partial charge is 0.267 e. The van der Waals surface area contributed by atoms with Crippen LogP contribution in [-0.4, -0.2) is 26.4 Å². The van der Waals surface area contributed by atoms with E-state index >= 15 is 0 Å². The molecule has 0 aliphatic carbocycles. The molecule has 5 N–H and O–H groups in total. The fourth-order valence-corrected chi connectivity index (χ4v) is 1.62. The van der Waals surface area contributed by atoms with E-state index in [0.717, 1.165) is 0 Å². The first-order valence-corrected chi connectivity index (χ1v) is 5.77. The summed E-state index contributed by atoms with van der Waals surface area (Å²) in [6.45, 7) is 5.92. The molecule has 0 saturated carbocycles. The van der Waals surface area contributed by atoms with Gasteiger partial charge >= 0.3 is 0 Å². The number of pyridine rings is 1. The molecule has 19 heavy (non-hydrogen) atoms. The van der Waals surface area contributed by atoms with Crippen LogP contribution in [0, 0.1) is 0 Å². The number of rotatable bonds is 2. The van der Waals surface area contributed by atoms with E-state index in [2.05, 4.69) is 20.3 Å². The topological polar surface area (TPSA) is 120 Å². The van der Waals surface area contributed by atoms with Gasteiger partial charge < -0.3 is 16.8 Å². The second kappa shape index (κ2) is 4.34. The highest BCUT2D eigenvalue weighted by Gasteiger charge is 2.16. The van der Waals surface area contributed by atoms with Crippen LogP contribution in [0.3, 0.4) is 0 Å². The lowest BCUT2D eigenvalue weighted by Crippen LogP contribution is -2.27.